The van der Waals surface area contributed by atoms with E-state index in [2.05, 4.69) is 32.7 Å². The van der Waals surface area contributed by atoms with Crippen molar-refractivity contribution >= 4 is 28.7 Å². The molecule has 0 aliphatic carbocycles. The molecule has 0 bridgehead atoms. The van der Waals surface area contributed by atoms with Crippen LogP contribution in [-0.4, -0.2) is 106 Å². The summed E-state index contributed by atoms with van der Waals surface area (Å²) >= 11 is 0. The molecule has 1 aromatic heterocycles. The van der Waals surface area contributed by atoms with Crippen LogP contribution in [0.15, 0.2) is 138 Å². The Balaban J connectivity index is 0.780. The number of pyridine rings is 1. The van der Waals surface area contributed by atoms with E-state index in [1.165, 1.54) is 17.7 Å². The third kappa shape index (κ3) is 11.6. The van der Waals surface area contributed by atoms with Gasteiger partial charge in [-0.05, 0) is 110 Å². The molecule has 2 aliphatic rings. The number of hydrogen-bond acceptors (Lipinski definition) is 11. The lowest BCUT2D eigenvalue weighted by Gasteiger charge is -2.33. The Labute approximate surface area is 389 Å². The van der Waals surface area contributed by atoms with Crippen LogP contribution in [0.25, 0.3) is 10.9 Å². The van der Waals surface area contributed by atoms with Crippen LogP contribution in [0.3, 0.4) is 0 Å². The summed E-state index contributed by atoms with van der Waals surface area (Å²) < 4.78 is 11.8. The van der Waals surface area contributed by atoms with Gasteiger partial charge in [0.1, 0.15) is 11.5 Å². The van der Waals surface area contributed by atoms with Crippen LogP contribution in [0.1, 0.15) is 63.5 Å². The normalized spacial score (nSPS) is 16.9. The van der Waals surface area contributed by atoms with E-state index in [1.54, 1.807) is 77.7 Å². The predicted molar refractivity (Wildman–Crippen MR) is 253 cm³/mol. The number of nitrogens with zero attached hydrogens (tertiary/aromatic N) is 2. The highest BCUT2D eigenvalue weighted by atomic mass is 16.5. The number of esters is 1. The number of carbonyl (C=O) groups excluding carboxylic acids is 3. The van der Waals surface area contributed by atoms with Gasteiger partial charge >= 0.3 is 5.97 Å². The van der Waals surface area contributed by atoms with Gasteiger partial charge in [0, 0.05) is 54.8 Å². The number of phenolic OH excluding ortho intramolecular Hbond substituents is 1. The number of amides is 2. The molecule has 0 spiro atoms. The van der Waals surface area contributed by atoms with Crippen LogP contribution in [0, 0.1) is 5.92 Å². The molecule has 0 radical (unpaired) electrons. The monoisotopic (exact) mass is 907 g/mol. The number of hydrogen-bond donors (Lipinski definition) is 6. The number of aromatic amines is 1. The van der Waals surface area contributed by atoms with E-state index >= 15 is 0 Å². The average Bonchev–Trinajstić information content (AvgIpc) is 3.83. The van der Waals surface area contributed by atoms with E-state index in [4.69, 9.17) is 9.47 Å². The van der Waals surface area contributed by atoms with Crippen molar-refractivity contribution in [3.05, 3.63) is 177 Å². The summed E-state index contributed by atoms with van der Waals surface area (Å²) in [5.74, 6) is -0.868. The van der Waals surface area contributed by atoms with Crippen LogP contribution < -0.4 is 20.9 Å². The van der Waals surface area contributed by atoms with Gasteiger partial charge in [-0.15, -0.1) is 0 Å². The first-order valence-electron chi connectivity index (χ1n) is 22.9. The van der Waals surface area contributed by atoms with E-state index in [1.807, 2.05) is 36.4 Å². The zero-order valence-corrected chi connectivity index (χ0v) is 37.3. The Bertz CT molecular complexity index is 2690. The maximum Gasteiger partial charge on any atom is 0.347 e. The minimum atomic E-state index is -2.11. The van der Waals surface area contributed by atoms with E-state index in [0.29, 0.717) is 60.3 Å². The minimum Gasteiger partial charge on any atom is -0.506 e. The predicted octanol–water partition coefficient (Wildman–Crippen LogP) is 5.20. The summed E-state index contributed by atoms with van der Waals surface area (Å²) in [7, 11) is 0. The van der Waals surface area contributed by atoms with Gasteiger partial charge in [0.25, 0.3) is 11.8 Å². The number of ether oxygens (including phenoxy) is 2. The quantitative estimate of drug-likeness (QED) is 0.0491. The Morgan fingerprint density at radius 2 is 1.54 bits per heavy atom. The van der Waals surface area contributed by atoms with Crippen LogP contribution in [0.2, 0.25) is 0 Å². The number of nitrogens with one attached hydrogen (secondary N) is 3. The van der Waals surface area contributed by atoms with E-state index in [0.717, 1.165) is 38.0 Å². The van der Waals surface area contributed by atoms with Gasteiger partial charge < -0.3 is 45.3 Å². The largest absolute Gasteiger partial charge is 0.506 e. The Hall–Kier alpha value is -6.84. The molecular formula is C53H57N5O9. The molecular weight excluding hydrogens is 851 g/mol. The smallest absolute Gasteiger partial charge is 0.347 e. The molecule has 14 nitrogen and oxygen atoms in total. The summed E-state index contributed by atoms with van der Waals surface area (Å²) in [5.41, 5.74) is 1.84. The van der Waals surface area contributed by atoms with Gasteiger partial charge in [0.05, 0.1) is 18.2 Å². The van der Waals surface area contributed by atoms with E-state index < -0.39 is 17.7 Å². The summed E-state index contributed by atoms with van der Waals surface area (Å²) in [6, 6.07) is 38.7. The van der Waals surface area contributed by atoms with Crippen molar-refractivity contribution in [1.82, 2.24) is 25.4 Å². The number of aromatic hydroxyl groups is 1. The number of H-pyrrole nitrogens is 1. The number of carbonyl (C=O) groups is 3. The number of fused-ring (bicyclic) bond motifs is 1. The second-order valence-corrected chi connectivity index (χ2v) is 17.5. The molecule has 6 aromatic rings. The van der Waals surface area contributed by atoms with Crippen LogP contribution in [0.4, 0.5) is 0 Å². The molecule has 0 saturated carbocycles. The van der Waals surface area contributed by atoms with Crippen molar-refractivity contribution in [1.29, 1.82) is 0 Å². The van der Waals surface area contributed by atoms with Gasteiger partial charge in [-0.25, -0.2) is 4.79 Å². The Morgan fingerprint density at radius 3 is 2.30 bits per heavy atom. The lowest BCUT2D eigenvalue weighted by molar-refractivity contribution is -0.164. The number of likely N-dealkylation sites (tertiary alicyclic amines) is 2. The van der Waals surface area contributed by atoms with Crippen LogP contribution in [0.5, 0.6) is 11.5 Å². The van der Waals surface area contributed by atoms with Gasteiger partial charge in [0.15, 0.2) is 6.61 Å². The standard InChI is InChI=1S/C53H57N5O9/c59-46-20-18-44(45-19-21-48(61)56-50(45)46)47(60)31-54-26-22-36-14-16-39(17-15-36)51(63)58-29-25-42(33-58)55-49(62)35-66-43-13-7-12-41(30-43)53(65,40-10-5-2-6-11-40)52(64)67-34-38-23-27-57(28-24-38)32-37-8-3-1-4-9-37/h1-21,30,38,42,47,54,59-60,65H,22-29,31-35H2,(H,55,62)(H,56,61)/t42-,47-,53-/m0/s1. The fraction of sp³-hybridized carbons (Fsp3) is 0.321. The van der Waals surface area contributed by atoms with Crippen molar-refractivity contribution in [2.45, 2.75) is 50.0 Å². The van der Waals surface area contributed by atoms with Crippen molar-refractivity contribution in [3.63, 3.8) is 0 Å². The fourth-order valence-electron chi connectivity index (χ4n) is 8.95. The lowest BCUT2D eigenvalue weighted by Crippen LogP contribution is -2.41. The van der Waals surface area contributed by atoms with Gasteiger partial charge in [-0.3, -0.25) is 19.3 Å². The summed E-state index contributed by atoms with van der Waals surface area (Å²) in [6.07, 6.45) is 2.13. The van der Waals surface area contributed by atoms with Gasteiger partial charge in [-0.2, -0.15) is 0 Å². The Morgan fingerprint density at radius 1 is 0.806 bits per heavy atom. The van der Waals surface area contributed by atoms with Crippen LogP contribution in [-0.2, 0) is 32.9 Å². The van der Waals surface area contributed by atoms with Gasteiger partial charge in [-0.1, -0.05) is 91.0 Å². The number of aromatic nitrogens is 1. The highest BCUT2D eigenvalue weighted by Crippen LogP contribution is 2.34. The molecule has 5 aromatic carbocycles. The highest BCUT2D eigenvalue weighted by Gasteiger charge is 2.42. The first-order chi connectivity index (χ1) is 32.5. The topological polar surface area (TPSA) is 194 Å². The Kier molecular flexibility index (Phi) is 15.1. The average molecular weight is 908 g/mol. The maximum atomic E-state index is 13.9. The fourth-order valence-corrected chi connectivity index (χ4v) is 8.95. The first-order valence-corrected chi connectivity index (χ1v) is 22.9. The number of aliphatic hydroxyl groups excluding tert-OH is 1. The summed E-state index contributed by atoms with van der Waals surface area (Å²) in [4.78, 5) is 58.9. The van der Waals surface area contributed by atoms with Crippen molar-refractivity contribution < 1.29 is 39.2 Å². The van der Waals surface area contributed by atoms with Gasteiger partial charge in [0.2, 0.25) is 11.2 Å². The molecule has 14 heteroatoms. The number of benzene rings is 5. The summed E-state index contributed by atoms with van der Waals surface area (Å²) in [5, 5.41) is 40.0. The first kappa shape index (κ1) is 46.7. The van der Waals surface area contributed by atoms with Crippen molar-refractivity contribution in [2.75, 3.05) is 52.5 Å². The van der Waals surface area contributed by atoms with Crippen molar-refractivity contribution in [2.24, 2.45) is 5.92 Å². The molecule has 0 unspecified atom stereocenters. The lowest BCUT2D eigenvalue weighted by atomic mass is 9.86. The molecule has 67 heavy (non-hydrogen) atoms. The molecule has 348 valence electrons. The second-order valence-electron chi connectivity index (χ2n) is 17.5. The third-order valence-electron chi connectivity index (χ3n) is 12.8. The number of piperidine rings is 1. The highest BCUT2D eigenvalue weighted by molar-refractivity contribution is 5.94. The SMILES string of the molecule is O=C(COc1cccc([C@](O)(C(=O)OCC2CCN(Cc3ccccc3)CC2)c2ccccc2)c1)N[C@H]1CCN(C(=O)c2ccc(CCNC[C@H](O)c3ccc(O)c4[nH]c(=O)ccc34)cc2)C1. The molecule has 8 rings (SSSR count). The number of rotatable bonds is 18. The molecule has 2 fully saturated rings. The zero-order chi connectivity index (χ0) is 46.8. The molecule has 2 saturated heterocycles. The second kappa shape index (κ2) is 21.6. The molecule has 2 amide bonds. The van der Waals surface area contributed by atoms with E-state index in [-0.39, 0.29) is 65.9 Å². The minimum absolute atomic E-state index is 0.0641. The van der Waals surface area contributed by atoms with Crippen molar-refractivity contribution in [3.8, 4) is 11.5 Å². The number of aliphatic hydroxyl groups is 2. The third-order valence-corrected chi connectivity index (χ3v) is 12.8. The zero-order valence-electron chi connectivity index (χ0n) is 37.3. The molecule has 6 N–H and O–H groups in total. The molecule has 3 atom stereocenters. The molecule has 3 heterocycles. The number of phenols is 1. The summed E-state index contributed by atoms with van der Waals surface area (Å²) in [6.45, 7) is 4.21. The van der Waals surface area contributed by atoms with Crippen LogP contribution >= 0.6 is 0 Å². The maximum absolute atomic E-state index is 13.9. The molecule has 2 aliphatic heterocycles. The van der Waals surface area contributed by atoms with E-state index in [9.17, 15) is 34.5 Å².